The molecule has 0 atom stereocenters. The molecule has 9 heteroatoms. The number of amides is 1. The highest BCUT2D eigenvalue weighted by Gasteiger charge is 2.26. The standard InChI is InChI=1S/C15H17N7O2/c1-10-9-12(19-24-10)15(23)21-7-5-20(6-8-21)13-14-18-17-11(2)22(14)4-3-16-13/h3-4,9H,5-8H2,1-2H3. The quantitative estimate of drug-likeness (QED) is 0.683. The molecule has 24 heavy (non-hydrogen) atoms. The van der Waals surface area contributed by atoms with Gasteiger partial charge in [-0.15, -0.1) is 10.2 Å². The summed E-state index contributed by atoms with van der Waals surface area (Å²) in [6.45, 7) is 6.23. The number of aryl methyl sites for hydroxylation is 2. The van der Waals surface area contributed by atoms with Gasteiger partial charge in [0.1, 0.15) is 11.6 Å². The highest BCUT2D eigenvalue weighted by molar-refractivity contribution is 5.92. The summed E-state index contributed by atoms with van der Waals surface area (Å²) >= 11 is 0. The summed E-state index contributed by atoms with van der Waals surface area (Å²) in [5.74, 6) is 2.15. The van der Waals surface area contributed by atoms with E-state index in [1.54, 1.807) is 24.1 Å². The molecule has 0 N–H and O–H groups in total. The third-order valence-electron chi connectivity index (χ3n) is 4.19. The molecule has 1 saturated heterocycles. The van der Waals surface area contributed by atoms with Crippen LogP contribution in [0, 0.1) is 13.8 Å². The number of carbonyl (C=O) groups excluding carboxylic acids is 1. The monoisotopic (exact) mass is 327 g/mol. The molecule has 1 amide bonds. The Hall–Kier alpha value is -2.97. The molecule has 0 unspecified atom stereocenters. The number of carbonyl (C=O) groups is 1. The van der Waals surface area contributed by atoms with Gasteiger partial charge in [-0.25, -0.2) is 4.98 Å². The molecule has 0 bridgehead atoms. The topological polar surface area (TPSA) is 92.7 Å². The van der Waals surface area contributed by atoms with Crippen molar-refractivity contribution in [1.29, 1.82) is 0 Å². The zero-order chi connectivity index (χ0) is 16.7. The molecule has 3 aromatic rings. The molecule has 0 aliphatic carbocycles. The van der Waals surface area contributed by atoms with Crippen molar-refractivity contribution < 1.29 is 9.32 Å². The second-order valence-electron chi connectivity index (χ2n) is 5.79. The summed E-state index contributed by atoms with van der Waals surface area (Å²) in [4.78, 5) is 20.8. The largest absolute Gasteiger partial charge is 0.361 e. The third kappa shape index (κ3) is 2.38. The predicted octanol–water partition coefficient (Wildman–Crippen LogP) is 0.692. The van der Waals surface area contributed by atoms with E-state index in [0.717, 1.165) is 17.3 Å². The van der Waals surface area contributed by atoms with Crippen molar-refractivity contribution in [3.8, 4) is 0 Å². The van der Waals surface area contributed by atoms with Crippen LogP contribution in [0.4, 0.5) is 5.82 Å². The minimum absolute atomic E-state index is 0.101. The second kappa shape index (κ2) is 5.59. The predicted molar refractivity (Wildman–Crippen MR) is 84.9 cm³/mol. The molecule has 0 aromatic carbocycles. The fourth-order valence-corrected chi connectivity index (χ4v) is 2.90. The van der Waals surface area contributed by atoms with Crippen LogP contribution in [-0.2, 0) is 0 Å². The van der Waals surface area contributed by atoms with Crippen LogP contribution < -0.4 is 4.90 Å². The minimum Gasteiger partial charge on any atom is -0.361 e. The van der Waals surface area contributed by atoms with E-state index in [0.29, 0.717) is 37.6 Å². The van der Waals surface area contributed by atoms with Gasteiger partial charge in [0, 0.05) is 44.6 Å². The van der Waals surface area contributed by atoms with Gasteiger partial charge in [0.25, 0.3) is 5.91 Å². The first-order valence-electron chi connectivity index (χ1n) is 7.77. The SMILES string of the molecule is Cc1cc(C(=O)N2CCN(c3nccn4c(C)nnc34)CC2)no1. The number of piperazine rings is 1. The molecular formula is C15H17N7O2. The summed E-state index contributed by atoms with van der Waals surface area (Å²) in [6, 6.07) is 1.66. The summed E-state index contributed by atoms with van der Waals surface area (Å²) in [5, 5.41) is 12.1. The Kier molecular flexibility index (Phi) is 3.40. The average molecular weight is 327 g/mol. The van der Waals surface area contributed by atoms with Gasteiger partial charge in [0.05, 0.1) is 0 Å². The van der Waals surface area contributed by atoms with E-state index >= 15 is 0 Å². The zero-order valence-corrected chi connectivity index (χ0v) is 13.5. The van der Waals surface area contributed by atoms with Crippen molar-refractivity contribution in [2.24, 2.45) is 0 Å². The molecule has 4 heterocycles. The van der Waals surface area contributed by atoms with Gasteiger partial charge >= 0.3 is 0 Å². The van der Waals surface area contributed by atoms with Crippen LogP contribution in [0.15, 0.2) is 23.0 Å². The average Bonchev–Trinajstić information content (AvgIpc) is 3.21. The molecule has 3 aromatic heterocycles. The fourth-order valence-electron chi connectivity index (χ4n) is 2.90. The summed E-state index contributed by atoms with van der Waals surface area (Å²) in [5.41, 5.74) is 1.09. The van der Waals surface area contributed by atoms with Crippen LogP contribution >= 0.6 is 0 Å². The Morgan fingerprint density at radius 2 is 1.96 bits per heavy atom. The molecule has 0 spiro atoms. The minimum atomic E-state index is -0.101. The third-order valence-corrected chi connectivity index (χ3v) is 4.19. The number of anilines is 1. The van der Waals surface area contributed by atoms with Gasteiger partial charge in [0.15, 0.2) is 11.5 Å². The van der Waals surface area contributed by atoms with Crippen LogP contribution in [0.25, 0.3) is 5.65 Å². The van der Waals surface area contributed by atoms with Crippen molar-refractivity contribution in [1.82, 2.24) is 29.6 Å². The van der Waals surface area contributed by atoms with E-state index in [4.69, 9.17) is 4.52 Å². The highest BCUT2D eigenvalue weighted by Crippen LogP contribution is 2.19. The van der Waals surface area contributed by atoms with E-state index < -0.39 is 0 Å². The molecular weight excluding hydrogens is 310 g/mol. The Morgan fingerprint density at radius 3 is 2.67 bits per heavy atom. The lowest BCUT2D eigenvalue weighted by atomic mass is 10.2. The van der Waals surface area contributed by atoms with E-state index in [9.17, 15) is 4.79 Å². The summed E-state index contributed by atoms with van der Waals surface area (Å²) < 4.78 is 6.90. The Labute approximate surface area is 137 Å². The maximum atomic E-state index is 12.4. The Balaban J connectivity index is 1.50. The molecule has 1 fully saturated rings. The normalized spacial score (nSPS) is 15.2. The van der Waals surface area contributed by atoms with Crippen LogP contribution in [0.5, 0.6) is 0 Å². The zero-order valence-electron chi connectivity index (χ0n) is 13.5. The lowest BCUT2D eigenvalue weighted by Gasteiger charge is -2.34. The van der Waals surface area contributed by atoms with Crippen molar-refractivity contribution in [3.05, 3.63) is 35.7 Å². The van der Waals surface area contributed by atoms with Gasteiger partial charge in [-0.1, -0.05) is 5.16 Å². The van der Waals surface area contributed by atoms with Gasteiger partial charge in [-0.05, 0) is 13.8 Å². The number of nitrogens with zero attached hydrogens (tertiary/aromatic N) is 7. The first kappa shape index (κ1) is 14.6. The smallest absolute Gasteiger partial charge is 0.276 e. The number of fused-ring (bicyclic) bond motifs is 1. The molecule has 124 valence electrons. The van der Waals surface area contributed by atoms with E-state index in [1.807, 2.05) is 17.5 Å². The fraction of sp³-hybridized carbons (Fsp3) is 0.400. The summed E-state index contributed by atoms with van der Waals surface area (Å²) in [7, 11) is 0. The van der Waals surface area contributed by atoms with Gasteiger partial charge < -0.3 is 14.3 Å². The highest BCUT2D eigenvalue weighted by atomic mass is 16.5. The van der Waals surface area contributed by atoms with Crippen LogP contribution in [0.2, 0.25) is 0 Å². The van der Waals surface area contributed by atoms with Gasteiger partial charge in [-0.2, -0.15) is 0 Å². The van der Waals surface area contributed by atoms with E-state index in [2.05, 4.69) is 25.2 Å². The Morgan fingerprint density at radius 1 is 1.17 bits per heavy atom. The van der Waals surface area contributed by atoms with Gasteiger partial charge in [0.2, 0.25) is 5.65 Å². The lowest BCUT2D eigenvalue weighted by Crippen LogP contribution is -2.49. The van der Waals surface area contributed by atoms with E-state index in [-0.39, 0.29) is 5.91 Å². The molecule has 1 aliphatic heterocycles. The van der Waals surface area contributed by atoms with E-state index in [1.165, 1.54) is 0 Å². The van der Waals surface area contributed by atoms with Crippen LogP contribution in [0.3, 0.4) is 0 Å². The van der Waals surface area contributed by atoms with Gasteiger partial charge in [-0.3, -0.25) is 9.20 Å². The Bertz CT molecular complexity index is 892. The molecule has 1 aliphatic rings. The summed E-state index contributed by atoms with van der Waals surface area (Å²) in [6.07, 6.45) is 3.59. The maximum absolute atomic E-state index is 12.4. The molecule has 0 radical (unpaired) electrons. The lowest BCUT2D eigenvalue weighted by molar-refractivity contribution is 0.0736. The second-order valence-corrected chi connectivity index (χ2v) is 5.79. The number of hydrogen-bond acceptors (Lipinski definition) is 7. The first-order chi connectivity index (χ1) is 11.6. The molecule has 0 saturated carbocycles. The number of aromatic nitrogens is 5. The molecule has 9 nitrogen and oxygen atoms in total. The van der Waals surface area contributed by atoms with Crippen molar-refractivity contribution in [3.63, 3.8) is 0 Å². The van der Waals surface area contributed by atoms with Crippen LogP contribution in [0.1, 0.15) is 22.1 Å². The maximum Gasteiger partial charge on any atom is 0.276 e. The van der Waals surface area contributed by atoms with Crippen molar-refractivity contribution >= 4 is 17.4 Å². The molecule has 4 rings (SSSR count). The first-order valence-corrected chi connectivity index (χ1v) is 7.77. The number of rotatable bonds is 2. The van der Waals surface area contributed by atoms with Crippen molar-refractivity contribution in [2.45, 2.75) is 13.8 Å². The van der Waals surface area contributed by atoms with Crippen molar-refractivity contribution in [2.75, 3.05) is 31.1 Å². The number of hydrogen-bond donors (Lipinski definition) is 0. The van der Waals surface area contributed by atoms with Crippen LogP contribution in [-0.4, -0.2) is 61.7 Å².